The van der Waals surface area contributed by atoms with Gasteiger partial charge in [-0.1, -0.05) is 6.42 Å². The first-order valence-electron chi connectivity index (χ1n) is 9.64. The highest BCUT2D eigenvalue weighted by Crippen LogP contribution is 2.23. The molecule has 6 heteroatoms. The Kier molecular flexibility index (Phi) is 5.25. The van der Waals surface area contributed by atoms with E-state index in [0.29, 0.717) is 6.04 Å². The molecule has 6 nitrogen and oxygen atoms in total. The quantitative estimate of drug-likeness (QED) is 0.809. The first-order chi connectivity index (χ1) is 12.4. The summed E-state index contributed by atoms with van der Waals surface area (Å²) in [6.45, 7) is 5.40. The van der Waals surface area contributed by atoms with Crippen molar-refractivity contribution in [3.05, 3.63) is 36.7 Å². The Labute approximate surface area is 149 Å². The Morgan fingerprint density at radius 2 is 1.80 bits per heavy atom. The van der Waals surface area contributed by atoms with Crippen LogP contribution in [0.1, 0.15) is 44.1 Å². The Balaban J connectivity index is 1.35. The van der Waals surface area contributed by atoms with Gasteiger partial charge in [-0.05, 0) is 38.6 Å². The lowest BCUT2D eigenvalue weighted by Gasteiger charge is -2.35. The van der Waals surface area contributed by atoms with E-state index in [1.54, 1.807) is 0 Å². The molecule has 0 aromatic carbocycles. The van der Waals surface area contributed by atoms with Crippen LogP contribution in [-0.4, -0.2) is 50.1 Å². The zero-order chi connectivity index (χ0) is 16.9. The average molecular weight is 340 g/mol. The van der Waals surface area contributed by atoms with Crippen LogP contribution in [0.15, 0.2) is 31.1 Å². The molecule has 4 rings (SSSR count). The highest BCUT2D eigenvalue weighted by atomic mass is 15.3. The van der Waals surface area contributed by atoms with Gasteiger partial charge in [0.25, 0.3) is 0 Å². The minimum Gasteiger partial charge on any atom is -0.341 e. The number of likely N-dealkylation sites (tertiary alicyclic amines) is 1. The molecule has 0 aliphatic carbocycles. The van der Waals surface area contributed by atoms with Crippen molar-refractivity contribution in [2.24, 2.45) is 0 Å². The SMILES string of the molecule is c1cn(CC[C@@H]2CCCCN2Cc2cnc(N3CCCC3)nc2)cn1. The van der Waals surface area contributed by atoms with E-state index in [1.165, 1.54) is 50.6 Å². The second-order valence-corrected chi connectivity index (χ2v) is 7.29. The van der Waals surface area contributed by atoms with Gasteiger partial charge in [0.2, 0.25) is 5.95 Å². The highest BCUT2D eigenvalue weighted by Gasteiger charge is 2.22. The maximum Gasteiger partial charge on any atom is 0.225 e. The molecule has 0 saturated carbocycles. The summed E-state index contributed by atoms with van der Waals surface area (Å²) in [4.78, 5) is 18.3. The number of imidazole rings is 1. The molecule has 0 bridgehead atoms. The van der Waals surface area contributed by atoms with E-state index in [-0.39, 0.29) is 0 Å². The number of aromatic nitrogens is 4. The van der Waals surface area contributed by atoms with Crippen molar-refractivity contribution in [1.29, 1.82) is 0 Å². The van der Waals surface area contributed by atoms with Gasteiger partial charge in [0.15, 0.2) is 0 Å². The molecule has 4 heterocycles. The second-order valence-electron chi connectivity index (χ2n) is 7.29. The molecular weight excluding hydrogens is 312 g/mol. The van der Waals surface area contributed by atoms with Crippen LogP contribution in [0.3, 0.4) is 0 Å². The zero-order valence-electron chi connectivity index (χ0n) is 14.9. The van der Waals surface area contributed by atoms with Crippen molar-refractivity contribution in [1.82, 2.24) is 24.4 Å². The van der Waals surface area contributed by atoms with Gasteiger partial charge in [-0.15, -0.1) is 0 Å². The minimum atomic E-state index is 0.648. The highest BCUT2D eigenvalue weighted by molar-refractivity contribution is 5.30. The smallest absolute Gasteiger partial charge is 0.225 e. The topological polar surface area (TPSA) is 50.1 Å². The molecule has 2 aliphatic heterocycles. The van der Waals surface area contributed by atoms with Crippen LogP contribution in [0, 0.1) is 0 Å². The predicted molar refractivity (Wildman–Crippen MR) is 98.4 cm³/mol. The van der Waals surface area contributed by atoms with Gasteiger partial charge in [0, 0.05) is 62.6 Å². The summed E-state index contributed by atoms with van der Waals surface area (Å²) < 4.78 is 2.18. The van der Waals surface area contributed by atoms with Crippen LogP contribution < -0.4 is 4.90 Å². The summed E-state index contributed by atoms with van der Waals surface area (Å²) in [5.74, 6) is 0.900. The fourth-order valence-electron chi connectivity index (χ4n) is 4.06. The van der Waals surface area contributed by atoms with Crippen molar-refractivity contribution in [2.45, 2.75) is 57.7 Å². The summed E-state index contributed by atoms with van der Waals surface area (Å²) >= 11 is 0. The molecule has 2 aromatic heterocycles. The third-order valence-electron chi connectivity index (χ3n) is 5.50. The molecule has 0 spiro atoms. The van der Waals surface area contributed by atoms with E-state index in [9.17, 15) is 0 Å². The van der Waals surface area contributed by atoms with E-state index in [1.807, 2.05) is 24.9 Å². The van der Waals surface area contributed by atoms with Gasteiger partial charge >= 0.3 is 0 Å². The lowest BCUT2D eigenvalue weighted by molar-refractivity contribution is 0.128. The van der Waals surface area contributed by atoms with Crippen LogP contribution in [0.4, 0.5) is 5.95 Å². The molecule has 2 fully saturated rings. The summed E-state index contributed by atoms with van der Waals surface area (Å²) in [6.07, 6.45) is 17.5. The first kappa shape index (κ1) is 16.5. The van der Waals surface area contributed by atoms with E-state index < -0.39 is 0 Å². The molecule has 2 saturated heterocycles. The minimum absolute atomic E-state index is 0.648. The summed E-state index contributed by atoms with van der Waals surface area (Å²) in [6, 6.07) is 0.648. The first-order valence-corrected chi connectivity index (χ1v) is 9.64. The molecule has 25 heavy (non-hydrogen) atoms. The van der Waals surface area contributed by atoms with Gasteiger partial charge in [-0.25, -0.2) is 15.0 Å². The molecular formula is C19H28N6. The molecule has 0 amide bonds. The van der Waals surface area contributed by atoms with Crippen molar-refractivity contribution >= 4 is 5.95 Å². The van der Waals surface area contributed by atoms with Gasteiger partial charge in [-0.2, -0.15) is 0 Å². The summed E-state index contributed by atoms with van der Waals surface area (Å²) in [5.41, 5.74) is 1.23. The lowest BCUT2D eigenvalue weighted by Crippen LogP contribution is -2.39. The van der Waals surface area contributed by atoms with Crippen LogP contribution >= 0.6 is 0 Å². The second kappa shape index (κ2) is 7.95. The number of anilines is 1. The summed E-state index contributed by atoms with van der Waals surface area (Å²) in [7, 11) is 0. The van der Waals surface area contributed by atoms with Gasteiger partial charge in [0.1, 0.15) is 0 Å². The van der Waals surface area contributed by atoms with Crippen LogP contribution in [0.2, 0.25) is 0 Å². The number of rotatable bonds is 6. The zero-order valence-corrected chi connectivity index (χ0v) is 14.9. The summed E-state index contributed by atoms with van der Waals surface area (Å²) in [5, 5.41) is 0. The maximum atomic E-state index is 4.61. The van der Waals surface area contributed by atoms with Crippen LogP contribution in [-0.2, 0) is 13.1 Å². The lowest BCUT2D eigenvalue weighted by atomic mass is 9.99. The Bertz CT molecular complexity index is 632. The molecule has 1 atom stereocenters. The monoisotopic (exact) mass is 340 g/mol. The van der Waals surface area contributed by atoms with Crippen molar-refractivity contribution in [3.8, 4) is 0 Å². The van der Waals surface area contributed by atoms with Gasteiger partial charge < -0.3 is 9.47 Å². The Hall–Kier alpha value is -1.95. The Morgan fingerprint density at radius 1 is 1.00 bits per heavy atom. The normalized spacial score (nSPS) is 21.8. The molecule has 0 N–H and O–H groups in total. The maximum absolute atomic E-state index is 4.61. The number of aryl methyl sites for hydroxylation is 1. The molecule has 2 aromatic rings. The van der Waals surface area contributed by atoms with Crippen LogP contribution in [0.25, 0.3) is 0 Å². The van der Waals surface area contributed by atoms with Gasteiger partial charge in [0.05, 0.1) is 6.33 Å². The number of nitrogens with zero attached hydrogens (tertiary/aromatic N) is 6. The fraction of sp³-hybridized carbons (Fsp3) is 0.632. The third-order valence-corrected chi connectivity index (χ3v) is 5.50. The fourth-order valence-corrected chi connectivity index (χ4v) is 4.06. The van der Waals surface area contributed by atoms with Crippen molar-refractivity contribution in [3.63, 3.8) is 0 Å². The van der Waals surface area contributed by atoms with E-state index in [0.717, 1.165) is 32.1 Å². The standard InChI is InChI=1S/C19H28N6/c1-2-10-25(18(5-1)6-11-23-12-7-20-16-23)15-17-13-21-19(22-14-17)24-8-3-4-9-24/h7,12-14,16,18H,1-6,8-11,15H2/t18-/m0/s1. The molecule has 134 valence electrons. The number of piperidine rings is 1. The molecule has 0 unspecified atom stereocenters. The third kappa shape index (κ3) is 4.18. The predicted octanol–water partition coefficient (Wildman–Crippen LogP) is 2.72. The average Bonchev–Trinajstić information content (AvgIpc) is 3.36. The Morgan fingerprint density at radius 3 is 2.56 bits per heavy atom. The number of hydrogen-bond donors (Lipinski definition) is 0. The van der Waals surface area contributed by atoms with Crippen LogP contribution in [0.5, 0.6) is 0 Å². The van der Waals surface area contributed by atoms with Gasteiger partial charge in [-0.3, -0.25) is 4.90 Å². The molecule has 2 aliphatic rings. The van der Waals surface area contributed by atoms with E-state index in [4.69, 9.17) is 0 Å². The largest absolute Gasteiger partial charge is 0.341 e. The molecule has 0 radical (unpaired) electrons. The van der Waals surface area contributed by atoms with Crippen molar-refractivity contribution < 1.29 is 0 Å². The van der Waals surface area contributed by atoms with E-state index in [2.05, 4.69) is 35.5 Å². The van der Waals surface area contributed by atoms with Crippen molar-refractivity contribution in [2.75, 3.05) is 24.5 Å². The number of hydrogen-bond acceptors (Lipinski definition) is 5. The van der Waals surface area contributed by atoms with E-state index >= 15 is 0 Å².